The standard InChI is InChI=1S/C21H21N5O4/c22-18(27)14-8-15(11-23-9-14)25-20(29)21(30)26-6-2-1-3-17(26)12-4-5-16-13(7-12)10-24-19(16)28/h4-5,7-9,11,17H,1-3,6,10H2,(H2,22,27)(H,24,28)(H,25,29)/t17-/m0/s1. The Morgan fingerprint density at radius 1 is 1.17 bits per heavy atom. The van der Waals surface area contributed by atoms with E-state index < -0.39 is 17.7 Å². The number of carbonyl (C=O) groups is 4. The number of hydrogen-bond donors (Lipinski definition) is 3. The van der Waals surface area contributed by atoms with Crippen LogP contribution >= 0.6 is 0 Å². The summed E-state index contributed by atoms with van der Waals surface area (Å²) in [7, 11) is 0. The second-order valence-electron chi connectivity index (χ2n) is 7.39. The van der Waals surface area contributed by atoms with E-state index in [0.29, 0.717) is 18.7 Å². The van der Waals surface area contributed by atoms with Gasteiger partial charge >= 0.3 is 11.8 Å². The summed E-state index contributed by atoms with van der Waals surface area (Å²) >= 11 is 0. The lowest BCUT2D eigenvalue weighted by Crippen LogP contribution is -2.44. The molecule has 4 N–H and O–H groups in total. The minimum atomic E-state index is -0.802. The maximum absolute atomic E-state index is 12.9. The van der Waals surface area contributed by atoms with Crippen LogP contribution in [-0.2, 0) is 16.1 Å². The minimum Gasteiger partial charge on any atom is -0.366 e. The molecule has 1 atom stereocenters. The molecule has 9 nitrogen and oxygen atoms in total. The Hall–Kier alpha value is -3.75. The highest BCUT2D eigenvalue weighted by molar-refractivity contribution is 6.39. The van der Waals surface area contributed by atoms with E-state index in [1.54, 1.807) is 11.0 Å². The van der Waals surface area contributed by atoms with Crippen LogP contribution in [0.1, 0.15) is 57.1 Å². The fourth-order valence-electron chi connectivity index (χ4n) is 3.94. The van der Waals surface area contributed by atoms with Gasteiger partial charge in [0.15, 0.2) is 0 Å². The van der Waals surface area contributed by atoms with Gasteiger partial charge in [-0.15, -0.1) is 0 Å². The lowest BCUT2D eigenvalue weighted by Gasteiger charge is -2.35. The Morgan fingerprint density at radius 2 is 2.00 bits per heavy atom. The number of nitrogens with two attached hydrogens (primary N) is 1. The van der Waals surface area contributed by atoms with Gasteiger partial charge in [0.2, 0.25) is 5.91 Å². The average Bonchev–Trinajstić information content (AvgIpc) is 3.13. The van der Waals surface area contributed by atoms with Crippen molar-refractivity contribution >= 4 is 29.3 Å². The zero-order valence-corrected chi connectivity index (χ0v) is 16.2. The number of benzene rings is 1. The quantitative estimate of drug-likeness (QED) is 0.656. The van der Waals surface area contributed by atoms with E-state index in [2.05, 4.69) is 15.6 Å². The number of pyridine rings is 1. The molecule has 1 aromatic heterocycles. The van der Waals surface area contributed by atoms with Crippen LogP contribution in [0.4, 0.5) is 5.69 Å². The van der Waals surface area contributed by atoms with Gasteiger partial charge in [-0.1, -0.05) is 12.1 Å². The molecule has 0 radical (unpaired) electrons. The zero-order valence-electron chi connectivity index (χ0n) is 16.2. The number of piperidine rings is 1. The topological polar surface area (TPSA) is 134 Å². The van der Waals surface area contributed by atoms with Gasteiger partial charge in [-0.05, 0) is 42.5 Å². The number of aromatic nitrogens is 1. The lowest BCUT2D eigenvalue weighted by molar-refractivity contribution is -0.145. The first-order chi connectivity index (χ1) is 14.4. The Labute approximate surface area is 172 Å². The van der Waals surface area contributed by atoms with Crippen LogP contribution in [0, 0.1) is 0 Å². The molecule has 0 bridgehead atoms. The van der Waals surface area contributed by atoms with Gasteiger partial charge in [0.25, 0.3) is 5.91 Å². The Bertz CT molecular complexity index is 1050. The SMILES string of the molecule is NC(=O)c1cncc(NC(=O)C(=O)N2CCCC[C@H]2c2ccc3c(c2)CNC3=O)c1. The van der Waals surface area contributed by atoms with Crippen molar-refractivity contribution in [3.05, 3.63) is 58.9 Å². The largest absolute Gasteiger partial charge is 0.366 e. The van der Waals surface area contributed by atoms with Gasteiger partial charge in [0, 0.05) is 24.8 Å². The molecule has 0 aliphatic carbocycles. The summed E-state index contributed by atoms with van der Waals surface area (Å²) in [6, 6.07) is 6.68. The van der Waals surface area contributed by atoms with Crippen molar-refractivity contribution in [1.82, 2.24) is 15.2 Å². The van der Waals surface area contributed by atoms with E-state index in [1.165, 1.54) is 18.5 Å². The van der Waals surface area contributed by atoms with Crippen molar-refractivity contribution in [1.29, 1.82) is 0 Å². The summed E-state index contributed by atoms with van der Waals surface area (Å²) in [4.78, 5) is 54.0. The number of amides is 4. The first kappa shape index (κ1) is 19.6. The van der Waals surface area contributed by atoms with Crippen molar-refractivity contribution < 1.29 is 19.2 Å². The molecule has 1 aromatic carbocycles. The van der Waals surface area contributed by atoms with Crippen LogP contribution in [0.2, 0.25) is 0 Å². The first-order valence-electron chi connectivity index (χ1n) is 9.72. The molecule has 2 aliphatic rings. The third-order valence-corrected chi connectivity index (χ3v) is 5.44. The number of carbonyl (C=O) groups excluding carboxylic acids is 4. The first-order valence-corrected chi connectivity index (χ1v) is 9.72. The summed E-state index contributed by atoms with van der Waals surface area (Å²) in [5, 5.41) is 5.28. The minimum absolute atomic E-state index is 0.0979. The highest BCUT2D eigenvalue weighted by atomic mass is 16.2. The number of primary amides is 1. The second-order valence-corrected chi connectivity index (χ2v) is 7.39. The van der Waals surface area contributed by atoms with E-state index in [-0.39, 0.29) is 23.2 Å². The molecule has 3 heterocycles. The molecule has 4 amide bonds. The molecule has 1 saturated heterocycles. The normalized spacial score (nSPS) is 17.8. The number of anilines is 1. The molecule has 0 unspecified atom stereocenters. The highest BCUT2D eigenvalue weighted by Gasteiger charge is 2.33. The molecule has 0 saturated carbocycles. The average molecular weight is 407 g/mol. The van der Waals surface area contributed by atoms with Crippen molar-refractivity contribution in [2.24, 2.45) is 5.73 Å². The third-order valence-electron chi connectivity index (χ3n) is 5.44. The van der Waals surface area contributed by atoms with E-state index in [9.17, 15) is 19.2 Å². The number of nitrogens with zero attached hydrogens (tertiary/aromatic N) is 2. The van der Waals surface area contributed by atoms with Crippen LogP contribution in [0.15, 0.2) is 36.7 Å². The summed E-state index contributed by atoms with van der Waals surface area (Å²) in [6.07, 6.45) is 5.11. The Kier molecular flexibility index (Phi) is 5.18. The summed E-state index contributed by atoms with van der Waals surface area (Å²) in [6.45, 7) is 0.928. The molecule has 9 heteroatoms. The fourth-order valence-corrected chi connectivity index (χ4v) is 3.94. The maximum atomic E-state index is 12.9. The Balaban J connectivity index is 1.53. The third kappa shape index (κ3) is 3.73. The lowest BCUT2D eigenvalue weighted by atomic mass is 9.93. The molecular weight excluding hydrogens is 386 g/mol. The summed E-state index contributed by atoms with van der Waals surface area (Å²) < 4.78 is 0. The van der Waals surface area contributed by atoms with Gasteiger partial charge in [0.1, 0.15) is 0 Å². The molecule has 4 rings (SSSR count). The van der Waals surface area contributed by atoms with Gasteiger partial charge in [-0.2, -0.15) is 0 Å². The molecule has 30 heavy (non-hydrogen) atoms. The second kappa shape index (κ2) is 7.94. The number of nitrogens with one attached hydrogen (secondary N) is 2. The van der Waals surface area contributed by atoms with Crippen LogP contribution in [-0.4, -0.2) is 40.1 Å². The molecular formula is C21H21N5O4. The number of hydrogen-bond acceptors (Lipinski definition) is 5. The van der Waals surface area contributed by atoms with Crippen molar-refractivity contribution in [2.75, 3.05) is 11.9 Å². The Morgan fingerprint density at radius 3 is 2.80 bits per heavy atom. The highest BCUT2D eigenvalue weighted by Crippen LogP contribution is 2.33. The number of rotatable bonds is 3. The predicted octanol–water partition coefficient (Wildman–Crippen LogP) is 1.12. The maximum Gasteiger partial charge on any atom is 0.313 e. The van der Waals surface area contributed by atoms with E-state index in [1.807, 2.05) is 12.1 Å². The van der Waals surface area contributed by atoms with Crippen molar-refractivity contribution in [3.8, 4) is 0 Å². The number of likely N-dealkylation sites (tertiary alicyclic amines) is 1. The summed E-state index contributed by atoms with van der Waals surface area (Å²) in [5.41, 5.74) is 8.04. The fraction of sp³-hybridized carbons (Fsp3) is 0.286. The monoisotopic (exact) mass is 407 g/mol. The summed E-state index contributed by atoms with van der Waals surface area (Å²) in [5.74, 6) is -2.23. The van der Waals surface area contributed by atoms with Crippen LogP contribution in [0.5, 0.6) is 0 Å². The smallest absolute Gasteiger partial charge is 0.313 e. The zero-order chi connectivity index (χ0) is 21.3. The van der Waals surface area contributed by atoms with Gasteiger partial charge in [-0.25, -0.2) is 0 Å². The van der Waals surface area contributed by atoms with E-state index >= 15 is 0 Å². The van der Waals surface area contributed by atoms with Crippen LogP contribution in [0.3, 0.4) is 0 Å². The van der Waals surface area contributed by atoms with Gasteiger partial charge in [0.05, 0.1) is 23.5 Å². The van der Waals surface area contributed by atoms with Gasteiger partial charge in [-0.3, -0.25) is 24.2 Å². The molecule has 1 fully saturated rings. The molecule has 0 spiro atoms. The number of fused-ring (bicyclic) bond motifs is 1. The van der Waals surface area contributed by atoms with Crippen molar-refractivity contribution in [3.63, 3.8) is 0 Å². The van der Waals surface area contributed by atoms with Crippen molar-refractivity contribution in [2.45, 2.75) is 31.8 Å². The molecule has 2 aliphatic heterocycles. The molecule has 154 valence electrons. The van der Waals surface area contributed by atoms with Gasteiger partial charge < -0.3 is 21.3 Å². The van der Waals surface area contributed by atoms with E-state index in [0.717, 1.165) is 30.4 Å². The van der Waals surface area contributed by atoms with Crippen LogP contribution in [0.25, 0.3) is 0 Å². The molecule has 2 aromatic rings. The van der Waals surface area contributed by atoms with Crippen LogP contribution < -0.4 is 16.4 Å². The van der Waals surface area contributed by atoms with E-state index in [4.69, 9.17) is 5.73 Å². The predicted molar refractivity (Wildman–Crippen MR) is 107 cm³/mol.